The van der Waals surface area contributed by atoms with E-state index in [1.807, 2.05) is 27.7 Å². The van der Waals surface area contributed by atoms with Crippen molar-refractivity contribution in [3.63, 3.8) is 0 Å². The minimum atomic E-state index is -0.441. The van der Waals surface area contributed by atoms with Crippen molar-refractivity contribution < 1.29 is 9.53 Å². The quantitative estimate of drug-likeness (QED) is 0.849. The van der Waals surface area contributed by atoms with Gasteiger partial charge in [0, 0.05) is 32.7 Å². The van der Waals surface area contributed by atoms with E-state index in [0.29, 0.717) is 13.1 Å². The van der Waals surface area contributed by atoms with Gasteiger partial charge in [-0.3, -0.25) is 4.90 Å². The molecule has 124 valence electrons. The molecule has 2 rings (SSSR count). The monoisotopic (exact) mass is 309 g/mol. The van der Waals surface area contributed by atoms with Gasteiger partial charge in [-0.15, -0.1) is 10.2 Å². The Hall–Kier alpha value is -1.63. The molecule has 1 aromatic heterocycles. The Labute approximate surface area is 132 Å². The van der Waals surface area contributed by atoms with Crippen LogP contribution in [0.5, 0.6) is 0 Å². The van der Waals surface area contributed by atoms with Crippen LogP contribution in [0.15, 0.2) is 0 Å². The van der Waals surface area contributed by atoms with Crippen molar-refractivity contribution in [3.05, 3.63) is 11.6 Å². The molecule has 2 heterocycles. The second kappa shape index (κ2) is 6.64. The first-order chi connectivity index (χ1) is 10.3. The smallest absolute Gasteiger partial charge is 0.410 e. The molecule has 0 spiro atoms. The van der Waals surface area contributed by atoms with Crippen molar-refractivity contribution in [1.29, 1.82) is 0 Å². The zero-order valence-corrected chi connectivity index (χ0v) is 14.3. The summed E-state index contributed by atoms with van der Waals surface area (Å²) < 4.78 is 7.54. The molecule has 1 saturated heterocycles. The van der Waals surface area contributed by atoms with Crippen LogP contribution >= 0.6 is 0 Å². The zero-order chi connectivity index (χ0) is 16.3. The molecule has 0 atom stereocenters. The van der Waals surface area contributed by atoms with Gasteiger partial charge in [-0.25, -0.2) is 4.79 Å². The maximum Gasteiger partial charge on any atom is 0.410 e. The number of carbonyl (C=O) groups is 1. The van der Waals surface area contributed by atoms with E-state index in [0.717, 1.165) is 37.8 Å². The highest BCUT2D eigenvalue weighted by molar-refractivity contribution is 5.68. The average molecular weight is 309 g/mol. The van der Waals surface area contributed by atoms with Gasteiger partial charge in [0.05, 0.1) is 6.54 Å². The van der Waals surface area contributed by atoms with E-state index in [1.54, 1.807) is 4.90 Å². The Balaban J connectivity index is 1.86. The first-order valence-electron chi connectivity index (χ1n) is 7.89. The van der Waals surface area contributed by atoms with Crippen LogP contribution in [0.3, 0.4) is 0 Å². The summed E-state index contributed by atoms with van der Waals surface area (Å²) >= 11 is 0. The molecular weight excluding hydrogens is 282 g/mol. The summed E-state index contributed by atoms with van der Waals surface area (Å²) in [5, 5.41) is 8.39. The van der Waals surface area contributed by atoms with E-state index < -0.39 is 5.60 Å². The van der Waals surface area contributed by atoms with Gasteiger partial charge in [-0.05, 0) is 34.6 Å². The van der Waals surface area contributed by atoms with Gasteiger partial charge in [0.1, 0.15) is 17.2 Å². The number of amides is 1. The van der Waals surface area contributed by atoms with Crippen LogP contribution < -0.4 is 0 Å². The zero-order valence-electron chi connectivity index (χ0n) is 14.3. The number of carbonyl (C=O) groups excluding carboxylic acids is 1. The van der Waals surface area contributed by atoms with Crippen molar-refractivity contribution in [2.75, 3.05) is 26.2 Å². The number of rotatable bonds is 3. The largest absolute Gasteiger partial charge is 0.444 e. The first-order valence-corrected chi connectivity index (χ1v) is 7.89. The minimum Gasteiger partial charge on any atom is -0.444 e. The predicted octanol–water partition coefficient (Wildman–Crippen LogP) is 1.66. The molecule has 7 nitrogen and oxygen atoms in total. The minimum absolute atomic E-state index is 0.222. The predicted molar refractivity (Wildman–Crippen MR) is 83.5 cm³/mol. The Morgan fingerprint density at radius 3 is 2.36 bits per heavy atom. The van der Waals surface area contributed by atoms with E-state index >= 15 is 0 Å². The molecule has 1 fully saturated rings. The van der Waals surface area contributed by atoms with Gasteiger partial charge >= 0.3 is 6.09 Å². The molecule has 0 bridgehead atoms. The molecule has 0 N–H and O–H groups in total. The Kier molecular flexibility index (Phi) is 5.05. The third kappa shape index (κ3) is 4.19. The fraction of sp³-hybridized carbons (Fsp3) is 0.800. The topological polar surface area (TPSA) is 63.5 Å². The van der Waals surface area contributed by atoms with Crippen LogP contribution in [0.4, 0.5) is 4.79 Å². The SMILES string of the molecule is CCn1c(C)nnc1CN1CCN(C(=O)OC(C)(C)C)CC1. The van der Waals surface area contributed by atoms with E-state index in [4.69, 9.17) is 4.74 Å². The van der Waals surface area contributed by atoms with Crippen molar-refractivity contribution in [1.82, 2.24) is 24.6 Å². The van der Waals surface area contributed by atoms with E-state index in [9.17, 15) is 4.79 Å². The number of hydrogen-bond donors (Lipinski definition) is 0. The number of hydrogen-bond acceptors (Lipinski definition) is 5. The summed E-state index contributed by atoms with van der Waals surface area (Å²) in [5.74, 6) is 1.94. The van der Waals surface area contributed by atoms with E-state index in [2.05, 4.69) is 26.6 Å². The summed E-state index contributed by atoms with van der Waals surface area (Å²) in [6, 6.07) is 0. The standard InChI is InChI=1S/C15H27N5O2/c1-6-20-12(2)16-17-13(20)11-18-7-9-19(10-8-18)14(21)22-15(3,4)5/h6-11H2,1-5H3. The number of nitrogens with zero attached hydrogens (tertiary/aromatic N) is 5. The van der Waals surface area contributed by atoms with Gasteiger partial charge in [0.15, 0.2) is 0 Å². The molecule has 1 amide bonds. The highest BCUT2D eigenvalue weighted by atomic mass is 16.6. The van der Waals surface area contributed by atoms with Crippen LogP contribution in [0.2, 0.25) is 0 Å². The molecule has 1 aliphatic heterocycles. The molecule has 0 unspecified atom stereocenters. The fourth-order valence-corrected chi connectivity index (χ4v) is 2.57. The van der Waals surface area contributed by atoms with Crippen LogP contribution in [-0.4, -0.2) is 62.4 Å². The molecule has 1 aromatic rings. The van der Waals surface area contributed by atoms with Gasteiger partial charge in [0.25, 0.3) is 0 Å². The lowest BCUT2D eigenvalue weighted by molar-refractivity contribution is 0.0136. The van der Waals surface area contributed by atoms with Crippen LogP contribution in [0.1, 0.15) is 39.3 Å². The van der Waals surface area contributed by atoms with Crippen molar-refractivity contribution in [3.8, 4) is 0 Å². The Morgan fingerprint density at radius 1 is 1.18 bits per heavy atom. The maximum atomic E-state index is 12.0. The summed E-state index contributed by atoms with van der Waals surface area (Å²) in [5.41, 5.74) is -0.441. The molecule has 0 aliphatic carbocycles. The molecule has 7 heteroatoms. The van der Waals surface area contributed by atoms with Gasteiger partial charge < -0.3 is 14.2 Å². The molecule has 0 saturated carbocycles. The lowest BCUT2D eigenvalue weighted by Gasteiger charge is -2.35. The van der Waals surface area contributed by atoms with E-state index in [1.165, 1.54) is 0 Å². The third-order valence-corrected chi connectivity index (χ3v) is 3.72. The summed E-state index contributed by atoms with van der Waals surface area (Å²) in [6.45, 7) is 14.4. The molecule has 0 aromatic carbocycles. The number of aromatic nitrogens is 3. The Bertz CT molecular complexity index is 512. The van der Waals surface area contributed by atoms with Crippen molar-refractivity contribution >= 4 is 6.09 Å². The van der Waals surface area contributed by atoms with Crippen molar-refractivity contribution in [2.45, 2.75) is 53.3 Å². The lowest BCUT2D eigenvalue weighted by Crippen LogP contribution is -2.49. The number of ether oxygens (including phenoxy) is 1. The summed E-state index contributed by atoms with van der Waals surface area (Å²) in [7, 11) is 0. The first kappa shape index (κ1) is 16.7. The highest BCUT2D eigenvalue weighted by Crippen LogP contribution is 2.13. The van der Waals surface area contributed by atoms with Crippen LogP contribution in [0, 0.1) is 6.92 Å². The third-order valence-electron chi connectivity index (χ3n) is 3.72. The summed E-state index contributed by atoms with van der Waals surface area (Å²) in [6.07, 6.45) is -0.222. The molecule has 0 radical (unpaired) electrons. The number of aryl methyl sites for hydroxylation is 1. The van der Waals surface area contributed by atoms with Crippen LogP contribution in [0.25, 0.3) is 0 Å². The van der Waals surface area contributed by atoms with E-state index in [-0.39, 0.29) is 6.09 Å². The molecular formula is C15H27N5O2. The second-order valence-corrected chi connectivity index (χ2v) is 6.65. The average Bonchev–Trinajstić information content (AvgIpc) is 2.78. The number of piperazine rings is 1. The highest BCUT2D eigenvalue weighted by Gasteiger charge is 2.26. The maximum absolute atomic E-state index is 12.0. The molecule has 1 aliphatic rings. The fourth-order valence-electron chi connectivity index (χ4n) is 2.57. The van der Waals surface area contributed by atoms with Crippen molar-refractivity contribution in [2.24, 2.45) is 0 Å². The van der Waals surface area contributed by atoms with Gasteiger partial charge in [-0.2, -0.15) is 0 Å². The van der Waals surface area contributed by atoms with Gasteiger partial charge in [0.2, 0.25) is 0 Å². The summed E-state index contributed by atoms with van der Waals surface area (Å²) in [4.78, 5) is 16.1. The van der Waals surface area contributed by atoms with Crippen LogP contribution in [-0.2, 0) is 17.8 Å². The second-order valence-electron chi connectivity index (χ2n) is 6.65. The lowest BCUT2D eigenvalue weighted by atomic mass is 10.2. The van der Waals surface area contributed by atoms with Gasteiger partial charge in [-0.1, -0.05) is 0 Å². The normalized spacial score (nSPS) is 16.9. The molecule has 22 heavy (non-hydrogen) atoms. The Morgan fingerprint density at radius 2 is 1.82 bits per heavy atom.